The molecule has 5 heteroatoms. The van der Waals surface area contributed by atoms with E-state index in [2.05, 4.69) is 15.3 Å². The van der Waals surface area contributed by atoms with E-state index in [0.717, 1.165) is 37.1 Å². The summed E-state index contributed by atoms with van der Waals surface area (Å²) in [7, 11) is 0. The highest BCUT2D eigenvalue weighted by atomic mass is 32.1. The lowest BCUT2D eigenvalue weighted by Gasteiger charge is -2.31. The van der Waals surface area contributed by atoms with Crippen LogP contribution in [0.15, 0.2) is 35.4 Å². The number of amides is 1. The molecule has 3 rings (SSSR count). The summed E-state index contributed by atoms with van der Waals surface area (Å²) in [5.41, 5.74) is 4.05. The molecule has 0 unspecified atom stereocenters. The second-order valence-electron chi connectivity index (χ2n) is 5.47. The van der Waals surface area contributed by atoms with Crippen molar-refractivity contribution in [3.63, 3.8) is 0 Å². The van der Waals surface area contributed by atoms with E-state index in [-0.39, 0.29) is 5.92 Å². The van der Waals surface area contributed by atoms with E-state index in [4.69, 9.17) is 0 Å². The second-order valence-corrected chi connectivity index (χ2v) is 6.19. The molecule has 21 heavy (non-hydrogen) atoms. The molecule has 0 saturated heterocycles. The van der Waals surface area contributed by atoms with Gasteiger partial charge in [0.1, 0.15) is 0 Å². The molecule has 1 saturated carbocycles. The van der Waals surface area contributed by atoms with Crippen LogP contribution in [0.3, 0.4) is 0 Å². The molecule has 4 nitrogen and oxygen atoms in total. The number of carbonyl (C=O) groups is 1. The molecule has 2 heterocycles. The minimum Gasteiger partial charge on any atom is -0.338 e. The van der Waals surface area contributed by atoms with Crippen LogP contribution in [-0.2, 0) is 17.8 Å². The van der Waals surface area contributed by atoms with Gasteiger partial charge in [-0.25, -0.2) is 4.98 Å². The minimum absolute atomic E-state index is 0.238. The lowest BCUT2D eigenvalue weighted by Crippen LogP contribution is -2.39. The van der Waals surface area contributed by atoms with E-state index in [1.54, 1.807) is 23.7 Å². The topological polar surface area (TPSA) is 46.1 Å². The Bertz CT molecular complexity index is 566. The molecule has 1 amide bonds. The van der Waals surface area contributed by atoms with Gasteiger partial charge >= 0.3 is 0 Å². The van der Waals surface area contributed by atoms with Crippen LogP contribution in [0.5, 0.6) is 0 Å². The molecule has 0 radical (unpaired) electrons. The van der Waals surface area contributed by atoms with Crippen LogP contribution in [0, 0.1) is 5.92 Å². The molecule has 1 aliphatic rings. The summed E-state index contributed by atoms with van der Waals surface area (Å²) in [6, 6.07) is 3.95. The number of pyridine rings is 1. The molecule has 1 fully saturated rings. The number of carbonyl (C=O) groups excluding carboxylic acids is 1. The number of hydrogen-bond donors (Lipinski definition) is 0. The van der Waals surface area contributed by atoms with Crippen molar-refractivity contribution in [1.82, 2.24) is 14.9 Å². The van der Waals surface area contributed by atoms with Crippen LogP contribution in [-0.4, -0.2) is 27.3 Å². The van der Waals surface area contributed by atoms with Crippen molar-refractivity contribution in [3.05, 3.63) is 46.7 Å². The standard InChI is InChI=1S/C16H19N3OS/c20-16(14-2-1-3-14)19(9-6-15-11-21-12-18-15)10-13-4-7-17-8-5-13/h4-5,7-8,11-12,14H,1-3,6,9-10H2. The predicted octanol–water partition coefficient (Wildman–Crippen LogP) is 2.91. The first-order valence-corrected chi connectivity index (χ1v) is 8.32. The molecule has 1 aliphatic carbocycles. The first kappa shape index (κ1) is 14.2. The van der Waals surface area contributed by atoms with E-state index in [9.17, 15) is 4.79 Å². The molecule has 0 bridgehead atoms. The first-order valence-electron chi connectivity index (χ1n) is 7.37. The van der Waals surface area contributed by atoms with Crippen LogP contribution in [0.1, 0.15) is 30.5 Å². The summed E-state index contributed by atoms with van der Waals surface area (Å²) in [4.78, 5) is 22.9. The van der Waals surface area contributed by atoms with Crippen LogP contribution in [0.4, 0.5) is 0 Å². The average Bonchev–Trinajstić information content (AvgIpc) is 2.96. The first-order chi connectivity index (χ1) is 10.3. The number of thiazole rings is 1. The highest BCUT2D eigenvalue weighted by molar-refractivity contribution is 7.07. The molecule has 0 N–H and O–H groups in total. The maximum absolute atomic E-state index is 12.6. The number of rotatable bonds is 6. The quantitative estimate of drug-likeness (QED) is 0.824. The van der Waals surface area contributed by atoms with Gasteiger partial charge in [-0.3, -0.25) is 9.78 Å². The van der Waals surface area contributed by atoms with Gasteiger partial charge in [0.15, 0.2) is 0 Å². The van der Waals surface area contributed by atoms with Crippen LogP contribution in [0.2, 0.25) is 0 Å². The van der Waals surface area contributed by atoms with Crippen molar-refractivity contribution < 1.29 is 4.79 Å². The van der Waals surface area contributed by atoms with Crippen LogP contribution >= 0.6 is 11.3 Å². The van der Waals surface area contributed by atoms with Gasteiger partial charge in [0.25, 0.3) is 0 Å². The van der Waals surface area contributed by atoms with E-state index in [0.29, 0.717) is 12.5 Å². The maximum Gasteiger partial charge on any atom is 0.225 e. The minimum atomic E-state index is 0.238. The summed E-state index contributed by atoms with van der Waals surface area (Å²) >= 11 is 1.60. The number of nitrogens with zero attached hydrogens (tertiary/aromatic N) is 3. The third-order valence-corrected chi connectivity index (χ3v) is 4.65. The average molecular weight is 301 g/mol. The Labute approximate surface area is 128 Å². The summed E-state index contributed by atoms with van der Waals surface area (Å²) in [5, 5.41) is 2.05. The molecule has 0 aromatic carbocycles. The number of hydrogen-bond acceptors (Lipinski definition) is 4. The zero-order chi connectivity index (χ0) is 14.5. The molecular formula is C16H19N3OS. The van der Waals surface area contributed by atoms with Crippen molar-refractivity contribution in [2.24, 2.45) is 5.92 Å². The summed E-state index contributed by atoms with van der Waals surface area (Å²) in [5.74, 6) is 0.538. The van der Waals surface area contributed by atoms with Crippen LogP contribution < -0.4 is 0 Å². The lowest BCUT2D eigenvalue weighted by atomic mass is 9.84. The van der Waals surface area contributed by atoms with Gasteiger partial charge in [-0.15, -0.1) is 11.3 Å². The fourth-order valence-corrected chi connectivity index (χ4v) is 3.09. The van der Waals surface area contributed by atoms with Crippen LogP contribution in [0.25, 0.3) is 0 Å². The fraction of sp³-hybridized carbons (Fsp3) is 0.438. The van der Waals surface area contributed by atoms with Gasteiger partial charge in [0, 0.05) is 43.2 Å². The molecule has 2 aromatic rings. The Morgan fingerprint density at radius 2 is 2.14 bits per heavy atom. The SMILES string of the molecule is O=C(C1CCC1)N(CCc1cscn1)Cc1ccncc1. The highest BCUT2D eigenvalue weighted by Gasteiger charge is 2.29. The monoisotopic (exact) mass is 301 g/mol. The molecule has 0 spiro atoms. The molecular weight excluding hydrogens is 282 g/mol. The summed E-state index contributed by atoms with van der Waals surface area (Å²) < 4.78 is 0. The van der Waals surface area contributed by atoms with Crippen molar-refractivity contribution in [2.45, 2.75) is 32.2 Å². The van der Waals surface area contributed by atoms with Crippen molar-refractivity contribution in [2.75, 3.05) is 6.54 Å². The summed E-state index contributed by atoms with van der Waals surface area (Å²) in [6.07, 6.45) is 7.66. The largest absolute Gasteiger partial charge is 0.338 e. The zero-order valence-electron chi connectivity index (χ0n) is 11.9. The highest BCUT2D eigenvalue weighted by Crippen LogP contribution is 2.28. The fourth-order valence-electron chi connectivity index (χ4n) is 2.50. The van der Waals surface area contributed by atoms with Gasteiger partial charge in [0.2, 0.25) is 5.91 Å². The maximum atomic E-state index is 12.6. The van der Waals surface area contributed by atoms with E-state index >= 15 is 0 Å². The molecule has 0 atom stereocenters. The van der Waals surface area contributed by atoms with Crippen molar-refractivity contribution in [1.29, 1.82) is 0 Å². The summed E-state index contributed by atoms with van der Waals surface area (Å²) in [6.45, 7) is 1.41. The Hall–Kier alpha value is -1.75. The predicted molar refractivity (Wildman–Crippen MR) is 82.8 cm³/mol. The van der Waals surface area contributed by atoms with Crippen molar-refractivity contribution >= 4 is 17.2 Å². The van der Waals surface area contributed by atoms with Gasteiger partial charge in [-0.05, 0) is 30.5 Å². The van der Waals surface area contributed by atoms with Gasteiger partial charge < -0.3 is 4.90 Å². The van der Waals surface area contributed by atoms with E-state index in [1.165, 1.54) is 6.42 Å². The van der Waals surface area contributed by atoms with Gasteiger partial charge in [0.05, 0.1) is 11.2 Å². The molecule has 2 aromatic heterocycles. The van der Waals surface area contributed by atoms with Gasteiger partial charge in [-0.2, -0.15) is 0 Å². The third kappa shape index (κ3) is 3.67. The zero-order valence-corrected chi connectivity index (χ0v) is 12.8. The number of aromatic nitrogens is 2. The molecule has 0 aliphatic heterocycles. The van der Waals surface area contributed by atoms with Crippen molar-refractivity contribution in [3.8, 4) is 0 Å². The lowest BCUT2D eigenvalue weighted by molar-refractivity contribution is -0.138. The third-order valence-electron chi connectivity index (χ3n) is 4.01. The smallest absolute Gasteiger partial charge is 0.225 e. The Balaban J connectivity index is 1.66. The van der Waals surface area contributed by atoms with E-state index in [1.807, 2.05) is 22.5 Å². The Morgan fingerprint density at radius 1 is 1.33 bits per heavy atom. The second kappa shape index (κ2) is 6.80. The molecule has 110 valence electrons. The van der Waals surface area contributed by atoms with Gasteiger partial charge in [-0.1, -0.05) is 6.42 Å². The van der Waals surface area contributed by atoms with E-state index < -0.39 is 0 Å². The Morgan fingerprint density at radius 3 is 2.76 bits per heavy atom. The Kier molecular flexibility index (Phi) is 4.60. The normalized spacial score (nSPS) is 14.7.